The van der Waals surface area contributed by atoms with E-state index in [1.54, 1.807) is 17.5 Å². The van der Waals surface area contributed by atoms with E-state index in [2.05, 4.69) is 26.2 Å². The molecule has 7 heteroatoms. The number of benzene rings is 1. The summed E-state index contributed by atoms with van der Waals surface area (Å²) in [7, 11) is 0. The van der Waals surface area contributed by atoms with Gasteiger partial charge in [0.25, 0.3) is 0 Å². The first kappa shape index (κ1) is 13.0. The average molecular weight is 331 g/mol. The van der Waals surface area contributed by atoms with Gasteiger partial charge in [0.05, 0.1) is 16.7 Å². The molecule has 0 radical (unpaired) electrons. The van der Waals surface area contributed by atoms with E-state index in [0.717, 1.165) is 11.3 Å². The van der Waals surface area contributed by atoms with Gasteiger partial charge in [-0.25, -0.2) is 14.2 Å². The normalized spacial score (nSPS) is 10.3. The number of hydrogen-bond acceptors (Lipinski definition) is 4. The maximum absolute atomic E-state index is 13.2. The van der Waals surface area contributed by atoms with Crippen molar-refractivity contribution >= 4 is 38.9 Å². The standard InChI is InChI=1S/C11H8BrFN2O2S/c12-8-2-1-6(3-9(8)13)14-4-7-5-18-10(15-7)11(16)17/h1-3,5,14H,4H2,(H,16,17). The minimum atomic E-state index is -1.04. The number of nitrogens with zero attached hydrogens (tertiary/aromatic N) is 1. The summed E-state index contributed by atoms with van der Waals surface area (Å²) in [5.74, 6) is -1.40. The van der Waals surface area contributed by atoms with Crippen LogP contribution in [0.15, 0.2) is 28.1 Å². The number of nitrogens with one attached hydrogen (secondary N) is 1. The second-order valence-corrected chi connectivity index (χ2v) is 5.14. The summed E-state index contributed by atoms with van der Waals surface area (Å²) >= 11 is 4.13. The van der Waals surface area contributed by atoms with Crippen molar-refractivity contribution in [2.24, 2.45) is 0 Å². The molecule has 0 saturated carbocycles. The fraction of sp³-hybridized carbons (Fsp3) is 0.0909. The lowest BCUT2D eigenvalue weighted by Crippen LogP contribution is -2.01. The lowest BCUT2D eigenvalue weighted by Gasteiger charge is -2.04. The molecule has 0 aliphatic heterocycles. The first-order valence-corrected chi connectivity index (χ1v) is 6.60. The molecule has 0 spiro atoms. The summed E-state index contributed by atoms with van der Waals surface area (Å²) in [5, 5.41) is 13.4. The minimum Gasteiger partial charge on any atom is -0.476 e. The van der Waals surface area contributed by atoms with Gasteiger partial charge in [-0.2, -0.15) is 0 Å². The van der Waals surface area contributed by atoms with E-state index in [0.29, 0.717) is 22.4 Å². The van der Waals surface area contributed by atoms with Gasteiger partial charge in [0, 0.05) is 11.1 Å². The van der Waals surface area contributed by atoms with Crippen LogP contribution in [0.25, 0.3) is 0 Å². The van der Waals surface area contributed by atoms with E-state index in [1.807, 2.05) is 0 Å². The molecule has 0 aliphatic carbocycles. The number of halogens is 2. The van der Waals surface area contributed by atoms with Crippen LogP contribution in [-0.2, 0) is 6.54 Å². The second-order valence-electron chi connectivity index (χ2n) is 3.43. The van der Waals surface area contributed by atoms with Crippen molar-refractivity contribution in [3.63, 3.8) is 0 Å². The highest BCUT2D eigenvalue weighted by atomic mass is 79.9. The Morgan fingerprint density at radius 2 is 2.33 bits per heavy atom. The number of anilines is 1. The molecular weight excluding hydrogens is 323 g/mol. The van der Waals surface area contributed by atoms with Crippen LogP contribution in [0, 0.1) is 5.82 Å². The molecule has 4 nitrogen and oxygen atoms in total. The van der Waals surface area contributed by atoms with Crippen molar-refractivity contribution in [3.8, 4) is 0 Å². The van der Waals surface area contributed by atoms with E-state index in [4.69, 9.17) is 5.11 Å². The van der Waals surface area contributed by atoms with Crippen LogP contribution < -0.4 is 5.32 Å². The first-order valence-electron chi connectivity index (χ1n) is 4.93. The maximum Gasteiger partial charge on any atom is 0.365 e. The van der Waals surface area contributed by atoms with Crippen molar-refractivity contribution in [1.29, 1.82) is 0 Å². The van der Waals surface area contributed by atoms with E-state index in [-0.39, 0.29) is 10.8 Å². The highest BCUT2D eigenvalue weighted by Crippen LogP contribution is 2.20. The fourth-order valence-electron chi connectivity index (χ4n) is 1.29. The lowest BCUT2D eigenvalue weighted by atomic mass is 10.3. The number of carboxylic acid groups (broad SMARTS) is 1. The highest BCUT2D eigenvalue weighted by molar-refractivity contribution is 9.10. The highest BCUT2D eigenvalue weighted by Gasteiger charge is 2.08. The molecule has 2 aromatic rings. The van der Waals surface area contributed by atoms with Gasteiger partial charge in [0.15, 0.2) is 0 Å². The van der Waals surface area contributed by atoms with Gasteiger partial charge in [-0.1, -0.05) is 0 Å². The smallest absolute Gasteiger partial charge is 0.365 e. The molecule has 94 valence electrons. The van der Waals surface area contributed by atoms with Crippen molar-refractivity contribution < 1.29 is 14.3 Å². The number of rotatable bonds is 4. The van der Waals surface area contributed by atoms with E-state index >= 15 is 0 Å². The zero-order valence-corrected chi connectivity index (χ0v) is 11.4. The summed E-state index contributed by atoms with van der Waals surface area (Å²) in [5.41, 5.74) is 1.22. The molecule has 18 heavy (non-hydrogen) atoms. The van der Waals surface area contributed by atoms with Gasteiger partial charge in [0.1, 0.15) is 5.82 Å². The fourth-order valence-corrected chi connectivity index (χ4v) is 2.19. The Balaban J connectivity index is 2.02. The largest absolute Gasteiger partial charge is 0.476 e. The van der Waals surface area contributed by atoms with Gasteiger partial charge >= 0.3 is 5.97 Å². The number of aromatic nitrogens is 1. The van der Waals surface area contributed by atoms with Crippen molar-refractivity contribution in [1.82, 2.24) is 4.98 Å². The van der Waals surface area contributed by atoms with Crippen molar-refractivity contribution in [2.75, 3.05) is 5.32 Å². The predicted octanol–water partition coefficient (Wildman–Crippen LogP) is 3.36. The topological polar surface area (TPSA) is 62.2 Å². The van der Waals surface area contributed by atoms with Crippen LogP contribution in [-0.4, -0.2) is 16.1 Å². The predicted molar refractivity (Wildman–Crippen MR) is 70.5 cm³/mol. The third kappa shape index (κ3) is 3.05. The molecule has 2 N–H and O–H groups in total. The SMILES string of the molecule is O=C(O)c1nc(CNc2ccc(Br)c(F)c2)cs1. The molecule has 0 bridgehead atoms. The number of carbonyl (C=O) groups is 1. The maximum atomic E-state index is 13.2. The van der Waals surface area contributed by atoms with E-state index < -0.39 is 5.97 Å². The average Bonchev–Trinajstić information content (AvgIpc) is 2.79. The summed E-state index contributed by atoms with van der Waals surface area (Å²) in [6.45, 7) is 0.352. The molecule has 0 amide bonds. The number of hydrogen-bond donors (Lipinski definition) is 2. The Hall–Kier alpha value is -1.47. The second kappa shape index (κ2) is 5.45. The van der Waals surface area contributed by atoms with Gasteiger partial charge in [-0.3, -0.25) is 0 Å². The van der Waals surface area contributed by atoms with Gasteiger partial charge in [-0.05, 0) is 34.1 Å². The summed E-state index contributed by atoms with van der Waals surface area (Å²) in [6, 6.07) is 4.67. The molecule has 0 aliphatic rings. The number of carboxylic acids is 1. The van der Waals surface area contributed by atoms with Gasteiger partial charge < -0.3 is 10.4 Å². The van der Waals surface area contributed by atoms with Crippen LogP contribution in [0.4, 0.5) is 10.1 Å². The Morgan fingerprint density at radius 1 is 1.56 bits per heavy atom. The molecule has 0 atom stereocenters. The van der Waals surface area contributed by atoms with Crippen LogP contribution in [0.2, 0.25) is 0 Å². The molecule has 1 aromatic carbocycles. The lowest BCUT2D eigenvalue weighted by molar-refractivity contribution is 0.0696. The molecule has 1 aromatic heterocycles. The van der Waals surface area contributed by atoms with Crippen LogP contribution in [0.5, 0.6) is 0 Å². The molecule has 0 fully saturated rings. The summed E-state index contributed by atoms with van der Waals surface area (Å²) < 4.78 is 13.6. The van der Waals surface area contributed by atoms with E-state index in [9.17, 15) is 9.18 Å². The van der Waals surface area contributed by atoms with Crippen LogP contribution in [0.3, 0.4) is 0 Å². The zero-order valence-electron chi connectivity index (χ0n) is 8.98. The monoisotopic (exact) mass is 330 g/mol. The Morgan fingerprint density at radius 3 is 2.94 bits per heavy atom. The van der Waals surface area contributed by atoms with E-state index in [1.165, 1.54) is 6.07 Å². The number of thiazole rings is 1. The zero-order chi connectivity index (χ0) is 13.1. The van der Waals surface area contributed by atoms with Crippen molar-refractivity contribution in [2.45, 2.75) is 6.54 Å². The third-order valence-corrected chi connectivity index (χ3v) is 3.65. The Kier molecular flexibility index (Phi) is 3.93. The quantitative estimate of drug-likeness (QED) is 0.902. The minimum absolute atomic E-state index is 0.0498. The molecule has 0 unspecified atom stereocenters. The Bertz CT molecular complexity index is 588. The van der Waals surface area contributed by atoms with Crippen molar-refractivity contribution in [3.05, 3.63) is 44.6 Å². The van der Waals surface area contributed by atoms with Crippen LogP contribution >= 0.6 is 27.3 Å². The first-order chi connectivity index (χ1) is 8.56. The summed E-state index contributed by atoms with van der Waals surface area (Å²) in [6.07, 6.45) is 0. The van der Waals surface area contributed by atoms with Gasteiger partial charge in [-0.15, -0.1) is 11.3 Å². The summed E-state index contributed by atoms with van der Waals surface area (Å²) in [4.78, 5) is 14.6. The molecule has 1 heterocycles. The van der Waals surface area contributed by atoms with Crippen LogP contribution in [0.1, 0.15) is 15.5 Å². The number of aromatic carboxylic acids is 1. The third-order valence-electron chi connectivity index (χ3n) is 2.13. The molecular formula is C11H8BrFN2O2S. The Labute approximate surface area is 115 Å². The molecule has 2 rings (SSSR count). The molecule has 0 saturated heterocycles. The van der Waals surface area contributed by atoms with Gasteiger partial charge in [0.2, 0.25) is 5.01 Å².